The van der Waals surface area contributed by atoms with Gasteiger partial charge >= 0.3 is 0 Å². The van der Waals surface area contributed by atoms with Crippen molar-refractivity contribution in [3.63, 3.8) is 0 Å². The van der Waals surface area contributed by atoms with E-state index in [4.69, 9.17) is 15.2 Å². The van der Waals surface area contributed by atoms with Crippen LogP contribution in [0.25, 0.3) is 0 Å². The Bertz CT molecular complexity index is 405. The van der Waals surface area contributed by atoms with Gasteiger partial charge in [-0.2, -0.15) is 0 Å². The van der Waals surface area contributed by atoms with Crippen molar-refractivity contribution < 1.29 is 9.47 Å². The van der Waals surface area contributed by atoms with E-state index in [-0.39, 0.29) is 0 Å². The summed E-state index contributed by atoms with van der Waals surface area (Å²) >= 11 is 0. The number of hydrogen-bond donors (Lipinski definition) is 1. The van der Waals surface area contributed by atoms with Gasteiger partial charge in [0, 0.05) is 0 Å². The van der Waals surface area contributed by atoms with E-state index in [2.05, 4.69) is 19.1 Å². The second-order valence-electron chi connectivity index (χ2n) is 5.16. The molecule has 0 bridgehead atoms. The van der Waals surface area contributed by atoms with E-state index in [0.717, 1.165) is 24.5 Å². The number of nitrogens with two attached hydrogens (primary N) is 1. The first-order chi connectivity index (χ1) is 8.12. The molecule has 94 valence electrons. The first kappa shape index (κ1) is 12.2. The second-order valence-corrected chi connectivity index (χ2v) is 5.16. The minimum absolute atomic E-state index is 0.383. The Morgan fingerprint density at radius 3 is 2.53 bits per heavy atom. The maximum absolute atomic E-state index is 5.72. The molecule has 1 aliphatic carbocycles. The zero-order valence-corrected chi connectivity index (χ0v) is 10.8. The Kier molecular flexibility index (Phi) is 3.29. The van der Waals surface area contributed by atoms with Gasteiger partial charge in [-0.15, -0.1) is 0 Å². The summed E-state index contributed by atoms with van der Waals surface area (Å²) in [4.78, 5) is 0. The van der Waals surface area contributed by atoms with Crippen molar-refractivity contribution in [2.45, 2.75) is 19.8 Å². The van der Waals surface area contributed by atoms with Gasteiger partial charge in [0.15, 0.2) is 11.5 Å². The highest BCUT2D eigenvalue weighted by Crippen LogP contribution is 2.53. The van der Waals surface area contributed by atoms with Crippen LogP contribution in [0.2, 0.25) is 0 Å². The molecule has 0 radical (unpaired) electrons. The average Bonchev–Trinajstić information content (AvgIpc) is 2.99. The molecule has 0 heterocycles. The monoisotopic (exact) mass is 235 g/mol. The lowest BCUT2D eigenvalue weighted by Crippen LogP contribution is -2.10. The Balaban J connectivity index is 2.12. The van der Waals surface area contributed by atoms with E-state index in [1.54, 1.807) is 14.2 Å². The molecule has 2 unspecified atom stereocenters. The maximum atomic E-state index is 5.72. The minimum Gasteiger partial charge on any atom is -0.493 e. The zero-order valence-electron chi connectivity index (χ0n) is 10.8. The molecule has 1 fully saturated rings. The van der Waals surface area contributed by atoms with Crippen molar-refractivity contribution in [1.29, 1.82) is 0 Å². The molecule has 1 aliphatic rings. The van der Waals surface area contributed by atoms with Crippen LogP contribution in [0.4, 0.5) is 0 Å². The molecule has 2 atom stereocenters. The fourth-order valence-electron chi connectivity index (χ4n) is 2.55. The SMILES string of the molecule is COc1ccc(CC2(C)CC2CN)cc1OC. The third-order valence-electron chi connectivity index (χ3n) is 3.88. The van der Waals surface area contributed by atoms with Crippen LogP contribution in [-0.4, -0.2) is 20.8 Å². The summed E-state index contributed by atoms with van der Waals surface area (Å²) in [6.07, 6.45) is 2.30. The quantitative estimate of drug-likeness (QED) is 0.851. The van der Waals surface area contributed by atoms with Crippen LogP contribution in [-0.2, 0) is 6.42 Å². The van der Waals surface area contributed by atoms with Crippen molar-refractivity contribution in [2.75, 3.05) is 20.8 Å². The van der Waals surface area contributed by atoms with Crippen molar-refractivity contribution in [1.82, 2.24) is 0 Å². The molecule has 1 aromatic carbocycles. The van der Waals surface area contributed by atoms with Gasteiger partial charge in [-0.25, -0.2) is 0 Å². The Morgan fingerprint density at radius 1 is 1.29 bits per heavy atom. The van der Waals surface area contributed by atoms with E-state index >= 15 is 0 Å². The highest BCUT2D eigenvalue weighted by Gasteiger charge is 2.48. The van der Waals surface area contributed by atoms with Crippen LogP contribution >= 0.6 is 0 Å². The Labute approximate surface area is 103 Å². The van der Waals surface area contributed by atoms with Gasteiger partial charge in [-0.3, -0.25) is 0 Å². The molecule has 3 heteroatoms. The molecule has 0 saturated heterocycles. The third kappa shape index (κ3) is 2.39. The van der Waals surface area contributed by atoms with Crippen LogP contribution in [0.1, 0.15) is 18.9 Å². The van der Waals surface area contributed by atoms with Gasteiger partial charge in [0.1, 0.15) is 0 Å². The number of methoxy groups -OCH3 is 2. The van der Waals surface area contributed by atoms with Crippen molar-refractivity contribution in [3.05, 3.63) is 23.8 Å². The van der Waals surface area contributed by atoms with Gasteiger partial charge in [-0.05, 0) is 48.4 Å². The number of rotatable bonds is 5. The van der Waals surface area contributed by atoms with Crippen LogP contribution in [0.5, 0.6) is 11.5 Å². The molecule has 1 saturated carbocycles. The smallest absolute Gasteiger partial charge is 0.160 e. The average molecular weight is 235 g/mol. The first-order valence-electron chi connectivity index (χ1n) is 6.04. The maximum Gasteiger partial charge on any atom is 0.160 e. The summed E-state index contributed by atoms with van der Waals surface area (Å²) in [5.41, 5.74) is 7.40. The lowest BCUT2D eigenvalue weighted by Gasteiger charge is -2.13. The van der Waals surface area contributed by atoms with E-state index in [9.17, 15) is 0 Å². The van der Waals surface area contributed by atoms with Gasteiger partial charge in [0.25, 0.3) is 0 Å². The first-order valence-corrected chi connectivity index (χ1v) is 6.04. The zero-order chi connectivity index (χ0) is 12.5. The summed E-state index contributed by atoms with van der Waals surface area (Å²) in [5, 5.41) is 0. The van der Waals surface area contributed by atoms with E-state index in [0.29, 0.717) is 11.3 Å². The van der Waals surface area contributed by atoms with E-state index in [1.807, 2.05) is 6.07 Å². The van der Waals surface area contributed by atoms with Crippen LogP contribution in [0.15, 0.2) is 18.2 Å². The molecule has 0 amide bonds. The molecule has 2 N–H and O–H groups in total. The molecule has 0 aliphatic heterocycles. The summed E-state index contributed by atoms with van der Waals surface area (Å²) < 4.78 is 10.5. The standard InChI is InChI=1S/C14H21NO2/c1-14(8-11(14)9-15)7-10-4-5-12(16-2)13(6-10)17-3/h4-6,11H,7-9,15H2,1-3H3. The summed E-state index contributed by atoms with van der Waals surface area (Å²) in [6, 6.07) is 6.14. The van der Waals surface area contributed by atoms with Gasteiger partial charge in [0.05, 0.1) is 14.2 Å². The van der Waals surface area contributed by atoms with Gasteiger partial charge in [0.2, 0.25) is 0 Å². The third-order valence-corrected chi connectivity index (χ3v) is 3.88. The number of ether oxygens (including phenoxy) is 2. The molecule has 0 spiro atoms. The highest BCUT2D eigenvalue weighted by molar-refractivity contribution is 5.43. The molecule has 17 heavy (non-hydrogen) atoms. The van der Waals surface area contributed by atoms with Crippen LogP contribution < -0.4 is 15.2 Å². The molecular formula is C14H21NO2. The predicted octanol–water partition coefficient (Wildman–Crippen LogP) is 2.23. The van der Waals surface area contributed by atoms with E-state index < -0.39 is 0 Å². The van der Waals surface area contributed by atoms with Gasteiger partial charge < -0.3 is 15.2 Å². The predicted molar refractivity (Wildman–Crippen MR) is 68.5 cm³/mol. The molecule has 3 nitrogen and oxygen atoms in total. The Hall–Kier alpha value is -1.22. The fourth-order valence-corrected chi connectivity index (χ4v) is 2.55. The molecule has 0 aromatic heterocycles. The van der Waals surface area contributed by atoms with Crippen molar-refractivity contribution >= 4 is 0 Å². The van der Waals surface area contributed by atoms with E-state index in [1.165, 1.54) is 12.0 Å². The number of hydrogen-bond acceptors (Lipinski definition) is 3. The van der Waals surface area contributed by atoms with Crippen molar-refractivity contribution in [3.8, 4) is 11.5 Å². The molecule has 1 aromatic rings. The second kappa shape index (κ2) is 4.57. The molecular weight excluding hydrogens is 214 g/mol. The lowest BCUT2D eigenvalue weighted by atomic mass is 9.96. The largest absolute Gasteiger partial charge is 0.493 e. The Morgan fingerprint density at radius 2 is 2.00 bits per heavy atom. The van der Waals surface area contributed by atoms with Crippen LogP contribution in [0, 0.1) is 11.3 Å². The van der Waals surface area contributed by atoms with Crippen molar-refractivity contribution in [2.24, 2.45) is 17.1 Å². The summed E-state index contributed by atoms with van der Waals surface area (Å²) in [6.45, 7) is 3.10. The normalized spacial score (nSPS) is 26.7. The topological polar surface area (TPSA) is 44.5 Å². The summed E-state index contributed by atoms with van der Waals surface area (Å²) in [5.74, 6) is 2.27. The summed E-state index contributed by atoms with van der Waals surface area (Å²) in [7, 11) is 3.33. The van der Waals surface area contributed by atoms with Gasteiger partial charge in [-0.1, -0.05) is 13.0 Å². The lowest BCUT2D eigenvalue weighted by molar-refractivity contribution is 0.354. The highest BCUT2D eigenvalue weighted by atomic mass is 16.5. The number of benzene rings is 1. The fraction of sp³-hybridized carbons (Fsp3) is 0.571. The molecule has 2 rings (SSSR count). The minimum atomic E-state index is 0.383. The van der Waals surface area contributed by atoms with Crippen LogP contribution in [0.3, 0.4) is 0 Å².